The van der Waals surface area contributed by atoms with Crippen molar-refractivity contribution < 1.29 is 4.79 Å². The molecule has 134 valence electrons. The highest BCUT2D eigenvalue weighted by Crippen LogP contribution is 2.29. The van der Waals surface area contributed by atoms with Gasteiger partial charge in [0.2, 0.25) is 5.91 Å². The minimum atomic E-state index is -0.0409. The SMILES string of the molecule is CCNC(=O)Cn1ccc(-c2cccc(-c3nccc4ccccc34)c2)n1. The maximum absolute atomic E-state index is 11.7. The summed E-state index contributed by atoms with van der Waals surface area (Å²) in [5.41, 5.74) is 3.83. The molecular weight excluding hydrogens is 336 g/mol. The average Bonchev–Trinajstić information content (AvgIpc) is 3.16. The number of fused-ring (bicyclic) bond motifs is 1. The predicted octanol–water partition coefficient (Wildman–Crippen LogP) is 3.90. The van der Waals surface area contributed by atoms with E-state index >= 15 is 0 Å². The fourth-order valence-electron chi connectivity index (χ4n) is 3.18. The lowest BCUT2D eigenvalue weighted by Crippen LogP contribution is -2.27. The van der Waals surface area contributed by atoms with Crippen LogP contribution in [0.25, 0.3) is 33.3 Å². The standard InChI is InChI=1S/C22H20N4O/c1-2-23-21(27)15-26-13-11-20(25-26)17-7-5-8-18(14-17)22-19-9-4-3-6-16(19)10-12-24-22/h3-14H,2,15H2,1H3,(H,23,27). The number of nitrogens with one attached hydrogen (secondary N) is 1. The molecule has 0 aliphatic carbocycles. The summed E-state index contributed by atoms with van der Waals surface area (Å²) < 4.78 is 1.66. The van der Waals surface area contributed by atoms with Crippen LogP contribution in [0.2, 0.25) is 0 Å². The maximum Gasteiger partial charge on any atom is 0.241 e. The Morgan fingerprint density at radius 1 is 1.04 bits per heavy atom. The van der Waals surface area contributed by atoms with Crippen molar-refractivity contribution in [2.24, 2.45) is 0 Å². The van der Waals surface area contributed by atoms with Gasteiger partial charge in [-0.05, 0) is 30.5 Å². The van der Waals surface area contributed by atoms with E-state index in [2.05, 4.69) is 39.7 Å². The van der Waals surface area contributed by atoms with Gasteiger partial charge in [0, 0.05) is 35.5 Å². The molecule has 1 N–H and O–H groups in total. The lowest BCUT2D eigenvalue weighted by molar-refractivity contribution is -0.121. The summed E-state index contributed by atoms with van der Waals surface area (Å²) in [5.74, 6) is -0.0409. The second-order valence-corrected chi connectivity index (χ2v) is 6.31. The van der Waals surface area contributed by atoms with Crippen LogP contribution in [0.1, 0.15) is 6.92 Å². The van der Waals surface area contributed by atoms with Crippen LogP contribution in [0.5, 0.6) is 0 Å². The zero-order chi connectivity index (χ0) is 18.6. The van der Waals surface area contributed by atoms with Gasteiger partial charge in [-0.15, -0.1) is 0 Å². The van der Waals surface area contributed by atoms with E-state index in [1.54, 1.807) is 4.68 Å². The minimum absolute atomic E-state index is 0.0409. The van der Waals surface area contributed by atoms with Crippen molar-refractivity contribution in [3.63, 3.8) is 0 Å². The molecule has 0 atom stereocenters. The van der Waals surface area contributed by atoms with E-state index < -0.39 is 0 Å². The van der Waals surface area contributed by atoms with E-state index in [4.69, 9.17) is 0 Å². The van der Waals surface area contributed by atoms with Crippen LogP contribution in [-0.4, -0.2) is 27.2 Å². The first-order valence-electron chi connectivity index (χ1n) is 8.99. The van der Waals surface area contributed by atoms with E-state index in [1.165, 1.54) is 5.39 Å². The van der Waals surface area contributed by atoms with Gasteiger partial charge in [0.05, 0.1) is 11.4 Å². The Labute approximate surface area is 157 Å². The summed E-state index contributed by atoms with van der Waals surface area (Å²) in [6.45, 7) is 2.74. The molecule has 2 aromatic carbocycles. The van der Waals surface area contributed by atoms with E-state index in [-0.39, 0.29) is 12.5 Å². The van der Waals surface area contributed by atoms with Crippen molar-refractivity contribution in [2.45, 2.75) is 13.5 Å². The highest BCUT2D eigenvalue weighted by molar-refractivity contribution is 5.94. The number of hydrogen-bond donors (Lipinski definition) is 1. The molecule has 0 radical (unpaired) electrons. The van der Waals surface area contributed by atoms with Crippen molar-refractivity contribution >= 4 is 16.7 Å². The third kappa shape index (κ3) is 3.58. The summed E-state index contributed by atoms with van der Waals surface area (Å²) in [6.07, 6.45) is 3.67. The first-order chi connectivity index (χ1) is 13.2. The number of rotatable bonds is 5. The normalized spacial score (nSPS) is 10.9. The van der Waals surface area contributed by atoms with Crippen LogP contribution in [-0.2, 0) is 11.3 Å². The van der Waals surface area contributed by atoms with Crippen molar-refractivity contribution in [1.82, 2.24) is 20.1 Å². The number of amides is 1. The second-order valence-electron chi connectivity index (χ2n) is 6.31. The molecule has 4 rings (SSSR count). The molecule has 2 aromatic heterocycles. The molecule has 5 heteroatoms. The molecule has 0 aliphatic rings. The summed E-state index contributed by atoms with van der Waals surface area (Å²) >= 11 is 0. The van der Waals surface area contributed by atoms with Crippen LogP contribution in [0.3, 0.4) is 0 Å². The molecule has 2 heterocycles. The van der Waals surface area contributed by atoms with E-state index in [0.29, 0.717) is 6.54 Å². The quantitative estimate of drug-likeness (QED) is 0.590. The monoisotopic (exact) mass is 356 g/mol. The predicted molar refractivity (Wildman–Crippen MR) is 107 cm³/mol. The Morgan fingerprint density at radius 3 is 2.78 bits per heavy atom. The van der Waals surface area contributed by atoms with Crippen LogP contribution in [0.15, 0.2) is 73.1 Å². The van der Waals surface area contributed by atoms with Crippen molar-refractivity contribution in [3.05, 3.63) is 73.1 Å². The molecule has 27 heavy (non-hydrogen) atoms. The number of carbonyl (C=O) groups excluding carboxylic acids is 1. The summed E-state index contributed by atoms with van der Waals surface area (Å²) in [7, 11) is 0. The van der Waals surface area contributed by atoms with Gasteiger partial charge in [-0.3, -0.25) is 14.5 Å². The summed E-state index contributed by atoms with van der Waals surface area (Å²) in [6, 6.07) is 20.4. The topological polar surface area (TPSA) is 59.8 Å². The van der Waals surface area contributed by atoms with E-state index in [0.717, 1.165) is 27.9 Å². The second kappa shape index (κ2) is 7.41. The van der Waals surface area contributed by atoms with Gasteiger partial charge < -0.3 is 5.32 Å². The number of aromatic nitrogens is 3. The van der Waals surface area contributed by atoms with Crippen LogP contribution < -0.4 is 5.32 Å². The van der Waals surface area contributed by atoms with Gasteiger partial charge in [0.15, 0.2) is 0 Å². The Kier molecular flexibility index (Phi) is 4.66. The fourth-order valence-corrected chi connectivity index (χ4v) is 3.18. The van der Waals surface area contributed by atoms with E-state index in [9.17, 15) is 4.79 Å². The molecule has 1 amide bonds. The van der Waals surface area contributed by atoms with Crippen molar-refractivity contribution in [2.75, 3.05) is 6.54 Å². The van der Waals surface area contributed by atoms with Gasteiger partial charge in [0.25, 0.3) is 0 Å². The van der Waals surface area contributed by atoms with Crippen molar-refractivity contribution in [3.8, 4) is 22.5 Å². The number of carbonyl (C=O) groups is 1. The molecule has 0 saturated carbocycles. The van der Waals surface area contributed by atoms with Gasteiger partial charge >= 0.3 is 0 Å². The fraction of sp³-hybridized carbons (Fsp3) is 0.136. The molecular formula is C22H20N4O. The molecule has 5 nitrogen and oxygen atoms in total. The Morgan fingerprint density at radius 2 is 1.89 bits per heavy atom. The number of benzene rings is 2. The Hall–Kier alpha value is -3.47. The zero-order valence-electron chi connectivity index (χ0n) is 15.1. The minimum Gasteiger partial charge on any atom is -0.355 e. The molecule has 0 spiro atoms. The number of hydrogen-bond acceptors (Lipinski definition) is 3. The van der Waals surface area contributed by atoms with Gasteiger partial charge in [-0.1, -0.05) is 42.5 Å². The largest absolute Gasteiger partial charge is 0.355 e. The highest BCUT2D eigenvalue weighted by atomic mass is 16.2. The zero-order valence-corrected chi connectivity index (χ0v) is 15.1. The first kappa shape index (κ1) is 17.0. The number of nitrogens with zero attached hydrogens (tertiary/aromatic N) is 3. The summed E-state index contributed by atoms with van der Waals surface area (Å²) in [4.78, 5) is 16.3. The van der Waals surface area contributed by atoms with E-state index in [1.807, 2.05) is 55.7 Å². The number of likely N-dealkylation sites (N-methyl/N-ethyl adjacent to an activating group) is 1. The average molecular weight is 356 g/mol. The molecule has 0 aliphatic heterocycles. The smallest absolute Gasteiger partial charge is 0.241 e. The lowest BCUT2D eigenvalue weighted by Gasteiger charge is -2.07. The van der Waals surface area contributed by atoms with Gasteiger partial charge in [-0.2, -0.15) is 5.10 Å². The maximum atomic E-state index is 11.7. The molecule has 0 bridgehead atoms. The van der Waals surface area contributed by atoms with Gasteiger partial charge in [-0.25, -0.2) is 0 Å². The lowest BCUT2D eigenvalue weighted by atomic mass is 10.0. The van der Waals surface area contributed by atoms with Gasteiger partial charge in [0.1, 0.15) is 6.54 Å². The number of pyridine rings is 1. The summed E-state index contributed by atoms with van der Waals surface area (Å²) in [5, 5.41) is 9.61. The molecule has 4 aromatic rings. The van der Waals surface area contributed by atoms with Crippen LogP contribution >= 0.6 is 0 Å². The van der Waals surface area contributed by atoms with Crippen LogP contribution in [0, 0.1) is 0 Å². The first-order valence-corrected chi connectivity index (χ1v) is 8.99. The van der Waals surface area contributed by atoms with Crippen LogP contribution in [0.4, 0.5) is 0 Å². The molecule has 0 fully saturated rings. The Balaban J connectivity index is 1.67. The molecule has 0 unspecified atom stereocenters. The molecule has 0 saturated heterocycles. The Bertz CT molecular complexity index is 1090. The van der Waals surface area contributed by atoms with Crippen molar-refractivity contribution in [1.29, 1.82) is 0 Å². The third-order valence-corrected chi connectivity index (χ3v) is 4.43. The third-order valence-electron chi connectivity index (χ3n) is 4.43. The highest BCUT2D eigenvalue weighted by Gasteiger charge is 2.09.